The maximum absolute atomic E-state index is 6.60. The summed E-state index contributed by atoms with van der Waals surface area (Å²) in [5.41, 5.74) is 0. The van der Waals surface area contributed by atoms with Crippen molar-refractivity contribution in [3.63, 3.8) is 0 Å². The lowest BCUT2D eigenvalue weighted by Gasteiger charge is -2.41. The first kappa shape index (κ1) is 16.5. The molecule has 1 aliphatic carbocycles. The first-order valence-corrected chi connectivity index (χ1v) is 11.0. The van der Waals surface area contributed by atoms with Gasteiger partial charge < -0.3 is 4.43 Å². The highest BCUT2D eigenvalue weighted by atomic mass is 79.9. The van der Waals surface area contributed by atoms with Gasteiger partial charge in [0, 0.05) is 0 Å². The van der Waals surface area contributed by atoms with Crippen LogP contribution in [-0.4, -0.2) is 14.4 Å². The molecule has 0 aliphatic heterocycles. The van der Waals surface area contributed by atoms with E-state index >= 15 is 0 Å². The largest absolute Gasteiger partial charge is 0.410 e. The molecule has 0 N–H and O–H groups in total. The molecule has 1 fully saturated rings. The highest BCUT2D eigenvalue weighted by Crippen LogP contribution is 2.40. The topological polar surface area (TPSA) is 9.23 Å². The molecular formula is C15H29BrOSi. The minimum Gasteiger partial charge on any atom is -0.410 e. The van der Waals surface area contributed by atoms with E-state index < -0.39 is 8.32 Å². The zero-order valence-electron chi connectivity index (χ0n) is 12.6. The van der Waals surface area contributed by atoms with Crippen LogP contribution < -0.4 is 0 Å². The number of hydrogen-bond donors (Lipinski definition) is 0. The molecule has 0 bridgehead atoms. The van der Waals surface area contributed by atoms with E-state index in [0.29, 0.717) is 11.1 Å². The van der Waals surface area contributed by atoms with Crippen LogP contribution in [0.1, 0.15) is 52.9 Å². The monoisotopic (exact) mass is 332 g/mol. The normalized spacial score (nSPS) is 21.4. The van der Waals surface area contributed by atoms with E-state index in [2.05, 4.69) is 55.9 Å². The third-order valence-corrected chi connectivity index (χ3v) is 9.39. The molecule has 1 unspecified atom stereocenters. The lowest BCUT2D eigenvalue weighted by Crippen LogP contribution is -2.45. The van der Waals surface area contributed by atoms with Crippen LogP contribution in [0, 0.1) is 5.92 Å². The van der Waals surface area contributed by atoms with Crippen molar-refractivity contribution >= 4 is 24.2 Å². The van der Waals surface area contributed by atoms with Crippen molar-refractivity contribution in [2.75, 3.05) is 0 Å². The van der Waals surface area contributed by atoms with Crippen LogP contribution in [0.5, 0.6) is 0 Å². The molecule has 0 aromatic carbocycles. The van der Waals surface area contributed by atoms with Gasteiger partial charge in [0.1, 0.15) is 0 Å². The summed E-state index contributed by atoms with van der Waals surface area (Å²) >= 11 is 3.43. The van der Waals surface area contributed by atoms with E-state index in [0.717, 1.165) is 5.92 Å². The Morgan fingerprint density at radius 3 is 2.17 bits per heavy atom. The van der Waals surface area contributed by atoms with E-state index in [1.165, 1.54) is 32.1 Å². The van der Waals surface area contributed by atoms with Crippen molar-refractivity contribution in [1.82, 2.24) is 0 Å². The minimum atomic E-state index is -1.66. The summed E-state index contributed by atoms with van der Waals surface area (Å²) in [5, 5.41) is 0.292. The molecule has 3 heteroatoms. The van der Waals surface area contributed by atoms with Gasteiger partial charge in [-0.1, -0.05) is 56.0 Å². The molecule has 0 aromatic heterocycles. The zero-order valence-corrected chi connectivity index (χ0v) is 15.2. The van der Waals surface area contributed by atoms with Gasteiger partial charge in [0.25, 0.3) is 0 Å². The smallest absolute Gasteiger partial charge is 0.192 e. The van der Waals surface area contributed by atoms with Gasteiger partial charge in [-0.25, -0.2) is 0 Å². The molecule has 1 saturated carbocycles. The fourth-order valence-corrected chi connectivity index (χ4v) is 3.95. The van der Waals surface area contributed by atoms with Gasteiger partial charge in [-0.05, 0) is 48.0 Å². The summed E-state index contributed by atoms with van der Waals surface area (Å²) in [4.78, 5) is 1.99. The second-order valence-electron chi connectivity index (χ2n) is 7.06. The summed E-state index contributed by atoms with van der Waals surface area (Å²) in [6.45, 7) is 11.6. The number of hydrogen-bond acceptors (Lipinski definition) is 1. The van der Waals surface area contributed by atoms with Gasteiger partial charge in [0.2, 0.25) is 0 Å². The predicted octanol–water partition coefficient (Wildman–Crippen LogP) is 5.87. The van der Waals surface area contributed by atoms with Crippen molar-refractivity contribution < 1.29 is 4.43 Å². The molecule has 0 heterocycles. The van der Waals surface area contributed by atoms with Gasteiger partial charge in [0.05, 0.1) is 6.10 Å². The standard InChI is InChI=1S/C15H29BrOSi/c1-15(2,3)18(4,5)17-14(11-12-16)13-9-7-6-8-10-13/h11-14H,6-10H2,1-5H3/b12-11-. The van der Waals surface area contributed by atoms with Gasteiger partial charge in [-0.2, -0.15) is 0 Å². The molecule has 0 aromatic rings. The third kappa shape index (κ3) is 4.50. The van der Waals surface area contributed by atoms with Crippen LogP contribution in [-0.2, 0) is 4.43 Å². The molecule has 1 aliphatic rings. The number of halogens is 1. The Morgan fingerprint density at radius 1 is 1.17 bits per heavy atom. The lowest BCUT2D eigenvalue weighted by molar-refractivity contribution is 0.132. The molecule has 106 valence electrons. The second kappa shape index (κ2) is 6.71. The van der Waals surface area contributed by atoms with E-state index in [1.807, 2.05) is 4.99 Å². The maximum Gasteiger partial charge on any atom is 0.192 e. The van der Waals surface area contributed by atoms with Crippen molar-refractivity contribution in [1.29, 1.82) is 0 Å². The van der Waals surface area contributed by atoms with Crippen LogP contribution in [0.4, 0.5) is 0 Å². The van der Waals surface area contributed by atoms with E-state index in [4.69, 9.17) is 4.43 Å². The van der Waals surface area contributed by atoms with Crippen LogP contribution in [0.25, 0.3) is 0 Å². The predicted molar refractivity (Wildman–Crippen MR) is 86.7 cm³/mol. The second-order valence-corrected chi connectivity index (χ2v) is 12.3. The van der Waals surface area contributed by atoms with Crippen LogP contribution in [0.3, 0.4) is 0 Å². The Balaban J connectivity index is 2.73. The molecular weight excluding hydrogens is 304 g/mol. The van der Waals surface area contributed by atoms with Crippen LogP contribution in [0.2, 0.25) is 18.1 Å². The van der Waals surface area contributed by atoms with Crippen LogP contribution in [0.15, 0.2) is 11.1 Å². The molecule has 1 atom stereocenters. The van der Waals surface area contributed by atoms with Gasteiger partial charge in [0.15, 0.2) is 8.32 Å². The average molecular weight is 333 g/mol. The Labute approximate surface area is 123 Å². The summed E-state index contributed by atoms with van der Waals surface area (Å²) in [7, 11) is -1.66. The molecule has 0 amide bonds. The van der Waals surface area contributed by atoms with E-state index in [-0.39, 0.29) is 0 Å². The summed E-state index contributed by atoms with van der Waals surface area (Å²) < 4.78 is 6.60. The Hall–Kier alpha value is 0.397. The Kier molecular flexibility index (Phi) is 6.14. The summed E-state index contributed by atoms with van der Waals surface area (Å²) in [6.07, 6.45) is 9.34. The lowest BCUT2D eigenvalue weighted by atomic mass is 9.85. The van der Waals surface area contributed by atoms with Crippen molar-refractivity contribution in [2.24, 2.45) is 5.92 Å². The van der Waals surface area contributed by atoms with Crippen molar-refractivity contribution in [3.8, 4) is 0 Å². The summed E-state index contributed by atoms with van der Waals surface area (Å²) in [5.74, 6) is 0.724. The van der Waals surface area contributed by atoms with Gasteiger partial charge >= 0.3 is 0 Å². The van der Waals surface area contributed by atoms with E-state index in [1.54, 1.807) is 0 Å². The number of rotatable bonds is 4. The fourth-order valence-electron chi connectivity index (χ4n) is 2.34. The molecule has 1 nitrogen and oxygen atoms in total. The maximum atomic E-state index is 6.60. The molecule has 18 heavy (non-hydrogen) atoms. The average Bonchev–Trinajstić information content (AvgIpc) is 2.28. The van der Waals surface area contributed by atoms with Gasteiger partial charge in [-0.3, -0.25) is 0 Å². The first-order chi connectivity index (χ1) is 8.28. The molecule has 0 spiro atoms. The Morgan fingerprint density at radius 2 is 1.72 bits per heavy atom. The quantitative estimate of drug-likeness (QED) is 0.585. The minimum absolute atomic E-state index is 0.292. The van der Waals surface area contributed by atoms with Crippen molar-refractivity contribution in [3.05, 3.63) is 11.1 Å². The summed E-state index contributed by atoms with van der Waals surface area (Å²) in [6, 6.07) is 0. The molecule has 0 radical (unpaired) electrons. The SMILES string of the molecule is CC(C)(C)[Si](C)(C)OC(/C=C\Br)C1CCCCC1. The third-order valence-electron chi connectivity index (χ3n) is 4.61. The van der Waals surface area contributed by atoms with Crippen molar-refractivity contribution in [2.45, 2.75) is 77.1 Å². The highest BCUT2D eigenvalue weighted by molar-refractivity contribution is 9.11. The fraction of sp³-hybridized carbons (Fsp3) is 0.867. The highest BCUT2D eigenvalue weighted by Gasteiger charge is 2.40. The van der Waals surface area contributed by atoms with E-state index in [9.17, 15) is 0 Å². The van der Waals surface area contributed by atoms with Gasteiger partial charge in [-0.15, -0.1) is 0 Å². The molecule has 0 saturated heterocycles. The zero-order chi connectivity index (χ0) is 13.8. The first-order valence-electron chi connectivity index (χ1n) is 7.22. The van der Waals surface area contributed by atoms with Crippen LogP contribution >= 0.6 is 15.9 Å². The Bertz CT molecular complexity index is 275. The molecule has 1 rings (SSSR count).